The van der Waals surface area contributed by atoms with E-state index in [-0.39, 0.29) is 0 Å². The molecule has 3 heteroatoms. The van der Waals surface area contributed by atoms with Crippen LogP contribution in [0, 0.1) is 0 Å². The Balaban J connectivity index is 2.29. The molecule has 0 aliphatic carbocycles. The van der Waals surface area contributed by atoms with E-state index in [1.165, 1.54) is 50.6 Å². The van der Waals surface area contributed by atoms with Crippen LogP contribution in [0.25, 0.3) is 0 Å². The Morgan fingerprint density at radius 1 is 1.16 bits per heavy atom. The van der Waals surface area contributed by atoms with E-state index in [0.29, 0.717) is 6.04 Å². The van der Waals surface area contributed by atoms with Crippen LogP contribution >= 0.6 is 0 Å². The number of nitrogens with zero attached hydrogens (tertiary/aromatic N) is 2. The predicted octanol–water partition coefficient (Wildman–Crippen LogP) is 3.69. The maximum atomic E-state index is 4.24. The summed E-state index contributed by atoms with van der Waals surface area (Å²) < 4.78 is 1.99. The average Bonchev–Trinajstić information content (AvgIpc) is 2.82. The molecular weight excluding hydrogens is 234 g/mol. The van der Waals surface area contributed by atoms with Crippen LogP contribution in [0.5, 0.6) is 0 Å². The molecule has 1 aromatic heterocycles. The van der Waals surface area contributed by atoms with Crippen molar-refractivity contribution in [1.82, 2.24) is 15.1 Å². The first-order valence-corrected chi connectivity index (χ1v) is 7.98. The summed E-state index contributed by atoms with van der Waals surface area (Å²) in [5.41, 5.74) is 1.34. The van der Waals surface area contributed by atoms with Gasteiger partial charge in [-0.15, -0.1) is 0 Å². The van der Waals surface area contributed by atoms with E-state index < -0.39 is 0 Å². The Labute approximate surface area is 118 Å². The molecule has 19 heavy (non-hydrogen) atoms. The Bertz CT molecular complexity index is 320. The molecule has 1 atom stereocenters. The predicted molar refractivity (Wildman–Crippen MR) is 82.4 cm³/mol. The van der Waals surface area contributed by atoms with Crippen molar-refractivity contribution in [2.24, 2.45) is 7.05 Å². The van der Waals surface area contributed by atoms with E-state index in [0.717, 1.165) is 13.0 Å². The summed E-state index contributed by atoms with van der Waals surface area (Å²) in [4.78, 5) is 0. The Morgan fingerprint density at radius 2 is 2.00 bits per heavy atom. The largest absolute Gasteiger partial charge is 0.314 e. The van der Waals surface area contributed by atoms with Crippen LogP contribution in [0.1, 0.15) is 64.5 Å². The van der Waals surface area contributed by atoms with Gasteiger partial charge in [0.05, 0.1) is 0 Å². The zero-order valence-electron chi connectivity index (χ0n) is 13.0. The second kappa shape index (κ2) is 10.0. The van der Waals surface area contributed by atoms with Crippen LogP contribution in [-0.4, -0.2) is 22.4 Å². The summed E-state index contributed by atoms with van der Waals surface area (Å²) in [5, 5.41) is 7.94. The third kappa shape index (κ3) is 6.76. The van der Waals surface area contributed by atoms with Gasteiger partial charge in [-0.1, -0.05) is 39.5 Å². The van der Waals surface area contributed by atoms with Crippen LogP contribution in [0.2, 0.25) is 0 Å². The fourth-order valence-corrected chi connectivity index (χ4v) is 2.48. The molecule has 0 fully saturated rings. The molecule has 0 amide bonds. The molecule has 0 aromatic carbocycles. The topological polar surface area (TPSA) is 29.9 Å². The zero-order valence-corrected chi connectivity index (χ0v) is 13.0. The lowest BCUT2D eigenvalue weighted by Gasteiger charge is -2.18. The van der Waals surface area contributed by atoms with E-state index in [2.05, 4.69) is 30.3 Å². The van der Waals surface area contributed by atoms with Gasteiger partial charge in [-0.05, 0) is 38.3 Å². The van der Waals surface area contributed by atoms with Gasteiger partial charge in [0.25, 0.3) is 0 Å². The monoisotopic (exact) mass is 265 g/mol. The van der Waals surface area contributed by atoms with Crippen LogP contribution in [0.3, 0.4) is 0 Å². The smallest absolute Gasteiger partial charge is 0.0492 e. The van der Waals surface area contributed by atoms with Gasteiger partial charge in [0.1, 0.15) is 0 Å². The lowest BCUT2D eigenvalue weighted by Crippen LogP contribution is -2.30. The summed E-state index contributed by atoms with van der Waals surface area (Å²) in [6.45, 7) is 5.65. The number of aryl methyl sites for hydroxylation is 2. The van der Waals surface area contributed by atoms with Crippen molar-refractivity contribution < 1.29 is 0 Å². The third-order valence-electron chi connectivity index (χ3n) is 3.76. The molecule has 0 bridgehead atoms. The van der Waals surface area contributed by atoms with Crippen molar-refractivity contribution in [3.63, 3.8) is 0 Å². The van der Waals surface area contributed by atoms with Gasteiger partial charge in [0.15, 0.2) is 0 Å². The molecule has 3 nitrogen and oxygen atoms in total. The first-order chi connectivity index (χ1) is 9.27. The lowest BCUT2D eigenvalue weighted by atomic mass is 10.0. The van der Waals surface area contributed by atoms with Crippen molar-refractivity contribution in [3.05, 3.63) is 18.0 Å². The fourth-order valence-electron chi connectivity index (χ4n) is 2.48. The normalized spacial score (nSPS) is 12.8. The van der Waals surface area contributed by atoms with Gasteiger partial charge in [-0.2, -0.15) is 5.10 Å². The molecule has 0 radical (unpaired) electrons. The maximum Gasteiger partial charge on any atom is 0.0492 e. The highest BCUT2D eigenvalue weighted by Crippen LogP contribution is 2.11. The third-order valence-corrected chi connectivity index (χ3v) is 3.76. The highest BCUT2D eigenvalue weighted by molar-refractivity contribution is 5.00. The van der Waals surface area contributed by atoms with Crippen molar-refractivity contribution >= 4 is 0 Å². The Kier molecular flexibility index (Phi) is 8.55. The van der Waals surface area contributed by atoms with Crippen molar-refractivity contribution in [3.8, 4) is 0 Å². The Hall–Kier alpha value is -0.830. The first kappa shape index (κ1) is 16.2. The van der Waals surface area contributed by atoms with E-state index in [4.69, 9.17) is 0 Å². The van der Waals surface area contributed by atoms with Gasteiger partial charge in [-0.3, -0.25) is 4.68 Å². The maximum absolute atomic E-state index is 4.24. The quantitative estimate of drug-likeness (QED) is 0.618. The van der Waals surface area contributed by atoms with Crippen LogP contribution in [0.15, 0.2) is 12.3 Å². The molecule has 0 aliphatic rings. The first-order valence-electron chi connectivity index (χ1n) is 7.98. The number of unbranched alkanes of at least 4 members (excludes halogenated alkanes) is 3. The molecule has 1 N–H and O–H groups in total. The molecule has 0 saturated heterocycles. The number of nitrogens with one attached hydrogen (secondary N) is 1. The van der Waals surface area contributed by atoms with E-state index in [9.17, 15) is 0 Å². The van der Waals surface area contributed by atoms with E-state index in [1.54, 1.807) is 0 Å². The lowest BCUT2D eigenvalue weighted by molar-refractivity contribution is 0.428. The van der Waals surface area contributed by atoms with E-state index >= 15 is 0 Å². The number of hydrogen-bond acceptors (Lipinski definition) is 2. The van der Waals surface area contributed by atoms with Gasteiger partial charge in [0, 0.05) is 25.0 Å². The summed E-state index contributed by atoms with van der Waals surface area (Å²) >= 11 is 0. The summed E-state index contributed by atoms with van der Waals surface area (Å²) in [6, 6.07) is 2.81. The van der Waals surface area contributed by atoms with Crippen LogP contribution in [-0.2, 0) is 13.5 Å². The molecule has 0 saturated carbocycles. The Morgan fingerprint density at radius 3 is 2.63 bits per heavy atom. The molecule has 1 aromatic rings. The second-order valence-electron chi connectivity index (χ2n) is 5.49. The van der Waals surface area contributed by atoms with Crippen molar-refractivity contribution in [2.45, 2.75) is 71.3 Å². The number of aromatic nitrogens is 2. The summed E-state index contributed by atoms with van der Waals surface area (Å²) in [6.07, 6.45) is 12.2. The number of rotatable bonds is 11. The van der Waals surface area contributed by atoms with Gasteiger partial charge in [-0.25, -0.2) is 0 Å². The minimum atomic E-state index is 0.673. The van der Waals surface area contributed by atoms with Gasteiger partial charge >= 0.3 is 0 Å². The van der Waals surface area contributed by atoms with E-state index in [1.807, 2.05) is 17.9 Å². The van der Waals surface area contributed by atoms with Crippen LogP contribution < -0.4 is 5.32 Å². The van der Waals surface area contributed by atoms with Crippen molar-refractivity contribution in [2.75, 3.05) is 6.54 Å². The van der Waals surface area contributed by atoms with Crippen LogP contribution in [0.4, 0.5) is 0 Å². The molecule has 0 spiro atoms. The number of hydrogen-bond donors (Lipinski definition) is 1. The second-order valence-corrected chi connectivity index (χ2v) is 5.49. The highest BCUT2D eigenvalue weighted by atomic mass is 15.2. The molecule has 1 heterocycles. The minimum Gasteiger partial charge on any atom is -0.314 e. The SMILES string of the molecule is CCCCCCC(CCc1ccnn1C)NCCC. The summed E-state index contributed by atoms with van der Waals surface area (Å²) in [7, 11) is 2.03. The highest BCUT2D eigenvalue weighted by Gasteiger charge is 2.09. The zero-order chi connectivity index (χ0) is 13.9. The molecule has 1 rings (SSSR count). The average molecular weight is 265 g/mol. The summed E-state index contributed by atoms with van der Waals surface area (Å²) in [5.74, 6) is 0. The molecular formula is C16H31N3. The molecule has 110 valence electrons. The standard InChI is InChI=1S/C16H31N3/c1-4-6-7-8-9-15(17-13-5-2)10-11-16-12-14-18-19(16)3/h12,14-15,17H,4-11,13H2,1-3H3. The fraction of sp³-hybridized carbons (Fsp3) is 0.812. The van der Waals surface area contributed by atoms with Gasteiger partial charge < -0.3 is 5.32 Å². The molecule has 1 unspecified atom stereocenters. The van der Waals surface area contributed by atoms with Crippen molar-refractivity contribution in [1.29, 1.82) is 0 Å². The van der Waals surface area contributed by atoms with Gasteiger partial charge in [0.2, 0.25) is 0 Å². The minimum absolute atomic E-state index is 0.673. The molecule has 0 aliphatic heterocycles.